The zero-order valence-corrected chi connectivity index (χ0v) is 11.3. The van der Waals surface area contributed by atoms with Crippen molar-refractivity contribution in [1.82, 2.24) is 9.97 Å². The molecule has 0 unspecified atom stereocenters. The van der Waals surface area contributed by atoms with Gasteiger partial charge < -0.3 is 4.98 Å². The first-order chi connectivity index (χ1) is 9.24. The van der Waals surface area contributed by atoms with Gasteiger partial charge in [-0.1, -0.05) is 41.9 Å². The number of imidazole rings is 1. The second-order valence-corrected chi connectivity index (χ2v) is 4.87. The summed E-state index contributed by atoms with van der Waals surface area (Å²) in [7, 11) is 0. The minimum Gasteiger partial charge on any atom is -0.342 e. The largest absolute Gasteiger partial charge is 0.342 e. The van der Waals surface area contributed by atoms with Gasteiger partial charge in [0.15, 0.2) is 0 Å². The highest BCUT2D eigenvalue weighted by Crippen LogP contribution is 2.26. The van der Waals surface area contributed by atoms with Gasteiger partial charge in [-0.3, -0.25) is 0 Å². The zero-order valence-electron chi connectivity index (χ0n) is 10.5. The van der Waals surface area contributed by atoms with Crippen molar-refractivity contribution in [3.05, 3.63) is 65.3 Å². The van der Waals surface area contributed by atoms with Crippen molar-refractivity contribution in [2.75, 3.05) is 0 Å². The molecule has 0 bridgehead atoms. The van der Waals surface area contributed by atoms with Crippen LogP contribution in [0.25, 0.3) is 22.6 Å². The van der Waals surface area contributed by atoms with Crippen LogP contribution in [0.1, 0.15) is 5.69 Å². The van der Waals surface area contributed by atoms with Gasteiger partial charge in [0.25, 0.3) is 0 Å². The van der Waals surface area contributed by atoms with Crippen molar-refractivity contribution < 1.29 is 0 Å². The molecule has 0 aliphatic rings. The van der Waals surface area contributed by atoms with E-state index in [1.54, 1.807) is 0 Å². The molecular weight excluding hydrogens is 256 g/mol. The minimum atomic E-state index is 0.732. The van der Waals surface area contributed by atoms with Gasteiger partial charge in [-0.15, -0.1) is 0 Å². The van der Waals surface area contributed by atoms with E-state index in [-0.39, 0.29) is 0 Å². The van der Waals surface area contributed by atoms with Crippen molar-refractivity contribution in [1.29, 1.82) is 0 Å². The molecule has 1 N–H and O–H groups in total. The van der Waals surface area contributed by atoms with Gasteiger partial charge in [0, 0.05) is 21.8 Å². The second kappa shape index (κ2) is 4.90. The number of benzene rings is 2. The van der Waals surface area contributed by atoms with E-state index in [0.29, 0.717) is 0 Å². The summed E-state index contributed by atoms with van der Waals surface area (Å²) in [6.07, 6.45) is 0. The third kappa shape index (κ3) is 2.40. The predicted octanol–water partition coefficient (Wildman–Crippen LogP) is 4.71. The van der Waals surface area contributed by atoms with E-state index in [1.807, 2.05) is 49.4 Å². The lowest BCUT2D eigenvalue weighted by molar-refractivity contribution is 1.26. The Balaban J connectivity index is 2.04. The Morgan fingerprint density at radius 1 is 0.895 bits per heavy atom. The lowest BCUT2D eigenvalue weighted by Crippen LogP contribution is -1.80. The molecule has 2 aromatic carbocycles. The van der Waals surface area contributed by atoms with Crippen LogP contribution in [0.3, 0.4) is 0 Å². The van der Waals surface area contributed by atoms with Gasteiger partial charge >= 0.3 is 0 Å². The predicted molar refractivity (Wildman–Crippen MR) is 79.2 cm³/mol. The first-order valence-electron chi connectivity index (χ1n) is 6.12. The standard InChI is InChI=1S/C16H13ClN2/c1-11-15(12-5-3-2-4-6-12)19-16(18-11)13-7-9-14(17)10-8-13/h2-10H,1H3,(H,18,19). The molecule has 0 atom stereocenters. The Hall–Kier alpha value is -2.06. The maximum Gasteiger partial charge on any atom is 0.138 e. The number of nitrogens with zero attached hydrogens (tertiary/aromatic N) is 1. The summed E-state index contributed by atoms with van der Waals surface area (Å²) in [6.45, 7) is 2.04. The van der Waals surface area contributed by atoms with E-state index in [9.17, 15) is 0 Å². The molecule has 19 heavy (non-hydrogen) atoms. The monoisotopic (exact) mass is 268 g/mol. The Kier molecular flexibility index (Phi) is 3.10. The number of H-pyrrole nitrogens is 1. The summed E-state index contributed by atoms with van der Waals surface area (Å²) < 4.78 is 0. The number of nitrogens with one attached hydrogen (secondary N) is 1. The number of halogens is 1. The third-order valence-corrected chi connectivity index (χ3v) is 3.30. The van der Waals surface area contributed by atoms with Crippen LogP contribution < -0.4 is 0 Å². The highest BCUT2D eigenvalue weighted by atomic mass is 35.5. The molecule has 0 amide bonds. The summed E-state index contributed by atoms with van der Waals surface area (Å²) in [4.78, 5) is 8.01. The molecule has 0 spiro atoms. The Bertz CT molecular complexity index is 685. The maximum atomic E-state index is 5.90. The fourth-order valence-corrected chi connectivity index (χ4v) is 2.21. The lowest BCUT2D eigenvalue weighted by atomic mass is 10.1. The topological polar surface area (TPSA) is 28.7 Å². The van der Waals surface area contributed by atoms with Gasteiger partial charge in [0.1, 0.15) is 5.82 Å². The van der Waals surface area contributed by atoms with E-state index >= 15 is 0 Å². The van der Waals surface area contributed by atoms with Gasteiger partial charge in [-0.2, -0.15) is 0 Å². The molecule has 2 nitrogen and oxygen atoms in total. The molecule has 0 fully saturated rings. The van der Waals surface area contributed by atoms with Gasteiger partial charge in [0.2, 0.25) is 0 Å². The highest BCUT2D eigenvalue weighted by Gasteiger charge is 2.09. The van der Waals surface area contributed by atoms with Gasteiger partial charge in [-0.25, -0.2) is 4.98 Å². The zero-order chi connectivity index (χ0) is 13.2. The number of hydrogen-bond donors (Lipinski definition) is 1. The summed E-state index contributed by atoms with van der Waals surface area (Å²) >= 11 is 5.90. The SMILES string of the molecule is Cc1[nH]c(-c2ccc(Cl)cc2)nc1-c1ccccc1. The van der Waals surface area contributed by atoms with Crippen LogP contribution in [-0.2, 0) is 0 Å². The lowest BCUT2D eigenvalue weighted by Gasteiger charge is -1.97. The van der Waals surface area contributed by atoms with Crippen molar-refractivity contribution in [3.63, 3.8) is 0 Å². The molecule has 94 valence electrons. The van der Waals surface area contributed by atoms with E-state index in [2.05, 4.69) is 22.1 Å². The fourth-order valence-electron chi connectivity index (χ4n) is 2.08. The number of hydrogen-bond acceptors (Lipinski definition) is 1. The van der Waals surface area contributed by atoms with Crippen LogP contribution in [0.5, 0.6) is 0 Å². The van der Waals surface area contributed by atoms with E-state index in [4.69, 9.17) is 11.6 Å². The number of aryl methyl sites for hydroxylation is 1. The van der Waals surface area contributed by atoms with E-state index in [0.717, 1.165) is 33.4 Å². The molecule has 0 radical (unpaired) electrons. The van der Waals surface area contributed by atoms with E-state index in [1.165, 1.54) is 0 Å². The molecule has 3 rings (SSSR count). The van der Waals surface area contributed by atoms with Crippen LogP contribution in [0.2, 0.25) is 5.02 Å². The van der Waals surface area contributed by atoms with Gasteiger partial charge in [0.05, 0.1) is 5.69 Å². The van der Waals surface area contributed by atoms with Crippen molar-refractivity contribution in [2.24, 2.45) is 0 Å². The Morgan fingerprint density at radius 2 is 1.58 bits per heavy atom. The van der Waals surface area contributed by atoms with Gasteiger partial charge in [-0.05, 0) is 31.2 Å². The van der Waals surface area contributed by atoms with Crippen LogP contribution in [-0.4, -0.2) is 9.97 Å². The van der Waals surface area contributed by atoms with Crippen LogP contribution in [0.15, 0.2) is 54.6 Å². The second-order valence-electron chi connectivity index (χ2n) is 4.43. The smallest absolute Gasteiger partial charge is 0.138 e. The molecule has 3 aromatic rings. The first kappa shape index (κ1) is 12.0. The number of rotatable bonds is 2. The first-order valence-corrected chi connectivity index (χ1v) is 6.50. The van der Waals surface area contributed by atoms with Crippen molar-refractivity contribution in [3.8, 4) is 22.6 Å². The highest BCUT2D eigenvalue weighted by molar-refractivity contribution is 6.30. The molecule has 0 saturated heterocycles. The van der Waals surface area contributed by atoms with E-state index < -0.39 is 0 Å². The summed E-state index contributed by atoms with van der Waals surface area (Å²) in [6, 6.07) is 17.9. The Morgan fingerprint density at radius 3 is 2.26 bits per heavy atom. The average Bonchev–Trinajstić information content (AvgIpc) is 2.83. The minimum absolute atomic E-state index is 0.732. The molecule has 1 heterocycles. The maximum absolute atomic E-state index is 5.90. The molecule has 0 aliphatic carbocycles. The molecular formula is C16H13ClN2. The fraction of sp³-hybridized carbons (Fsp3) is 0.0625. The van der Waals surface area contributed by atoms with Crippen molar-refractivity contribution >= 4 is 11.6 Å². The molecule has 3 heteroatoms. The number of aromatic amines is 1. The summed E-state index contributed by atoms with van der Waals surface area (Å²) in [5, 5.41) is 0.732. The van der Waals surface area contributed by atoms with Crippen LogP contribution in [0, 0.1) is 6.92 Å². The normalized spacial score (nSPS) is 10.6. The average molecular weight is 269 g/mol. The summed E-state index contributed by atoms with van der Waals surface area (Å²) in [5.74, 6) is 0.869. The molecule has 0 saturated carbocycles. The molecule has 0 aliphatic heterocycles. The van der Waals surface area contributed by atoms with Crippen LogP contribution >= 0.6 is 11.6 Å². The quantitative estimate of drug-likeness (QED) is 0.717. The Labute approximate surface area is 117 Å². The summed E-state index contributed by atoms with van der Waals surface area (Å²) in [5.41, 5.74) is 4.22. The third-order valence-electron chi connectivity index (χ3n) is 3.05. The van der Waals surface area contributed by atoms with Crippen LogP contribution in [0.4, 0.5) is 0 Å². The number of aromatic nitrogens is 2. The van der Waals surface area contributed by atoms with Crippen molar-refractivity contribution in [2.45, 2.75) is 6.92 Å². The molecule has 1 aromatic heterocycles.